The van der Waals surface area contributed by atoms with Gasteiger partial charge in [-0.15, -0.1) is 0 Å². The number of aryl methyl sites for hydroxylation is 1. The number of para-hydroxylation sites is 1. The smallest absolute Gasteiger partial charge is 0.410 e. The van der Waals surface area contributed by atoms with Crippen LogP contribution in [0.1, 0.15) is 44.6 Å². The summed E-state index contributed by atoms with van der Waals surface area (Å²) in [7, 11) is 0. The average molecular weight is 415 g/mol. The SMILES string of the molecule is CCn1c(C(=O)NCCCN2CCN(C(=O)OC(C)(C)C)CC2)cc2ccccc21. The molecule has 0 bridgehead atoms. The minimum atomic E-state index is -0.462. The summed E-state index contributed by atoms with van der Waals surface area (Å²) >= 11 is 0. The highest BCUT2D eigenvalue weighted by atomic mass is 16.6. The summed E-state index contributed by atoms with van der Waals surface area (Å²) in [4.78, 5) is 28.9. The van der Waals surface area contributed by atoms with Crippen LogP contribution in [0.2, 0.25) is 0 Å². The third kappa shape index (κ3) is 5.53. The lowest BCUT2D eigenvalue weighted by atomic mass is 10.2. The molecule has 1 aliphatic rings. The van der Waals surface area contributed by atoms with E-state index in [1.54, 1.807) is 4.90 Å². The van der Waals surface area contributed by atoms with Crippen LogP contribution >= 0.6 is 0 Å². The normalized spacial score (nSPS) is 15.4. The van der Waals surface area contributed by atoms with E-state index in [2.05, 4.69) is 21.7 Å². The van der Waals surface area contributed by atoms with Crippen LogP contribution in [0, 0.1) is 0 Å². The highest BCUT2D eigenvalue weighted by Crippen LogP contribution is 2.19. The molecule has 1 aromatic carbocycles. The van der Waals surface area contributed by atoms with Gasteiger partial charge >= 0.3 is 6.09 Å². The van der Waals surface area contributed by atoms with Crippen LogP contribution in [0.3, 0.4) is 0 Å². The third-order valence-electron chi connectivity index (χ3n) is 5.32. The Kier molecular flexibility index (Phi) is 7.02. The lowest BCUT2D eigenvalue weighted by Gasteiger charge is -2.35. The molecule has 0 atom stereocenters. The first kappa shape index (κ1) is 22.2. The number of carbonyl (C=O) groups is 2. The minimum Gasteiger partial charge on any atom is -0.444 e. The van der Waals surface area contributed by atoms with E-state index < -0.39 is 5.60 Å². The molecule has 3 rings (SSSR count). The molecular weight excluding hydrogens is 380 g/mol. The molecule has 1 saturated heterocycles. The Labute approximate surface area is 179 Å². The molecular formula is C23H34N4O3. The molecule has 0 spiro atoms. The predicted molar refractivity (Wildman–Crippen MR) is 119 cm³/mol. The van der Waals surface area contributed by atoms with Crippen molar-refractivity contribution in [1.82, 2.24) is 19.7 Å². The number of hydrogen-bond acceptors (Lipinski definition) is 4. The fourth-order valence-electron chi connectivity index (χ4n) is 3.81. The molecule has 7 heteroatoms. The second-order valence-corrected chi connectivity index (χ2v) is 8.75. The Morgan fingerprint density at radius 1 is 1.10 bits per heavy atom. The molecule has 2 amide bonds. The largest absolute Gasteiger partial charge is 0.444 e. The van der Waals surface area contributed by atoms with Gasteiger partial charge in [-0.1, -0.05) is 18.2 Å². The van der Waals surface area contributed by atoms with Crippen LogP contribution in [0.25, 0.3) is 10.9 Å². The number of piperazine rings is 1. The fourth-order valence-corrected chi connectivity index (χ4v) is 3.81. The van der Waals surface area contributed by atoms with Gasteiger partial charge in [0.2, 0.25) is 0 Å². The first-order valence-electron chi connectivity index (χ1n) is 10.9. The van der Waals surface area contributed by atoms with Gasteiger partial charge in [0.1, 0.15) is 11.3 Å². The zero-order valence-electron chi connectivity index (χ0n) is 18.6. The number of fused-ring (bicyclic) bond motifs is 1. The Bertz CT molecular complexity index is 876. The topological polar surface area (TPSA) is 66.8 Å². The van der Waals surface area contributed by atoms with E-state index in [1.165, 1.54) is 0 Å². The van der Waals surface area contributed by atoms with Gasteiger partial charge in [-0.25, -0.2) is 4.79 Å². The van der Waals surface area contributed by atoms with E-state index in [0.717, 1.165) is 43.5 Å². The Morgan fingerprint density at radius 3 is 2.47 bits per heavy atom. The lowest BCUT2D eigenvalue weighted by Crippen LogP contribution is -2.50. The standard InChI is InChI=1S/C23H34N4O3/c1-5-27-19-10-7-6-9-18(19)17-20(27)21(28)24-11-8-12-25-13-15-26(16-14-25)22(29)30-23(2,3)4/h6-7,9-10,17H,5,8,11-16H2,1-4H3,(H,24,28). The Morgan fingerprint density at radius 2 is 1.80 bits per heavy atom. The molecule has 0 radical (unpaired) electrons. The molecule has 0 unspecified atom stereocenters. The van der Waals surface area contributed by atoms with E-state index in [-0.39, 0.29) is 12.0 Å². The number of benzene rings is 1. The predicted octanol–water partition coefficient (Wildman–Crippen LogP) is 3.33. The zero-order valence-corrected chi connectivity index (χ0v) is 18.6. The van der Waals surface area contributed by atoms with Crippen molar-refractivity contribution >= 4 is 22.9 Å². The van der Waals surface area contributed by atoms with E-state index in [1.807, 2.05) is 51.1 Å². The maximum absolute atomic E-state index is 12.7. The van der Waals surface area contributed by atoms with Crippen molar-refractivity contribution in [1.29, 1.82) is 0 Å². The van der Waals surface area contributed by atoms with Gasteiger partial charge in [0, 0.05) is 50.2 Å². The molecule has 30 heavy (non-hydrogen) atoms. The molecule has 0 aliphatic carbocycles. The summed E-state index contributed by atoms with van der Waals surface area (Å²) in [5.74, 6) is -0.0252. The van der Waals surface area contributed by atoms with Crippen LogP contribution in [-0.2, 0) is 11.3 Å². The monoisotopic (exact) mass is 414 g/mol. The van der Waals surface area contributed by atoms with Gasteiger partial charge in [-0.3, -0.25) is 9.69 Å². The maximum Gasteiger partial charge on any atom is 0.410 e. The molecule has 1 aromatic heterocycles. The van der Waals surface area contributed by atoms with Gasteiger partial charge in [0.25, 0.3) is 5.91 Å². The number of aromatic nitrogens is 1. The fraction of sp³-hybridized carbons (Fsp3) is 0.565. The van der Waals surface area contributed by atoms with Crippen LogP contribution in [0.5, 0.6) is 0 Å². The van der Waals surface area contributed by atoms with Crippen LogP contribution in [0.15, 0.2) is 30.3 Å². The maximum atomic E-state index is 12.7. The van der Waals surface area contributed by atoms with Crippen LogP contribution in [0.4, 0.5) is 4.79 Å². The van der Waals surface area contributed by atoms with E-state index in [0.29, 0.717) is 25.3 Å². The van der Waals surface area contributed by atoms with Crippen molar-refractivity contribution < 1.29 is 14.3 Å². The minimum absolute atomic E-state index is 0.0252. The van der Waals surface area contributed by atoms with Crippen molar-refractivity contribution in [2.24, 2.45) is 0 Å². The second-order valence-electron chi connectivity index (χ2n) is 8.75. The van der Waals surface area contributed by atoms with Crippen molar-refractivity contribution in [3.05, 3.63) is 36.0 Å². The van der Waals surface area contributed by atoms with Gasteiger partial charge < -0.3 is 19.5 Å². The van der Waals surface area contributed by atoms with Gasteiger partial charge in [-0.05, 0) is 52.8 Å². The van der Waals surface area contributed by atoms with E-state index in [9.17, 15) is 9.59 Å². The molecule has 2 aromatic rings. The lowest BCUT2D eigenvalue weighted by molar-refractivity contribution is 0.0144. The van der Waals surface area contributed by atoms with Crippen molar-refractivity contribution in [3.8, 4) is 0 Å². The molecule has 1 fully saturated rings. The molecule has 1 aliphatic heterocycles. The van der Waals surface area contributed by atoms with Crippen molar-refractivity contribution in [2.45, 2.75) is 46.3 Å². The molecule has 2 heterocycles. The summed E-state index contributed by atoms with van der Waals surface area (Å²) in [5.41, 5.74) is 1.34. The average Bonchev–Trinajstić information content (AvgIpc) is 3.09. The number of hydrogen-bond donors (Lipinski definition) is 1. The molecule has 1 N–H and O–H groups in total. The number of ether oxygens (including phenoxy) is 1. The Balaban J connectivity index is 1.41. The molecule has 7 nitrogen and oxygen atoms in total. The van der Waals surface area contributed by atoms with Gasteiger partial charge in [0.15, 0.2) is 0 Å². The number of nitrogens with zero attached hydrogens (tertiary/aromatic N) is 3. The Hall–Kier alpha value is -2.54. The van der Waals surface area contributed by atoms with Crippen LogP contribution < -0.4 is 5.32 Å². The molecule has 164 valence electrons. The number of rotatable bonds is 6. The van der Waals surface area contributed by atoms with Crippen molar-refractivity contribution in [2.75, 3.05) is 39.3 Å². The van der Waals surface area contributed by atoms with E-state index in [4.69, 9.17) is 4.74 Å². The second kappa shape index (κ2) is 9.51. The first-order valence-corrected chi connectivity index (χ1v) is 10.9. The zero-order chi connectivity index (χ0) is 21.7. The number of carbonyl (C=O) groups excluding carboxylic acids is 2. The summed E-state index contributed by atoms with van der Waals surface area (Å²) in [5, 5.41) is 4.15. The summed E-state index contributed by atoms with van der Waals surface area (Å²) in [6, 6.07) is 10.0. The van der Waals surface area contributed by atoms with Crippen molar-refractivity contribution in [3.63, 3.8) is 0 Å². The highest BCUT2D eigenvalue weighted by molar-refractivity contribution is 5.98. The number of amides is 2. The van der Waals surface area contributed by atoms with Gasteiger partial charge in [0.05, 0.1) is 0 Å². The van der Waals surface area contributed by atoms with Gasteiger partial charge in [-0.2, -0.15) is 0 Å². The van der Waals surface area contributed by atoms with Crippen LogP contribution in [-0.4, -0.2) is 71.2 Å². The third-order valence-corrected chi connectivity index (χ3v) is 5.32. The summed E-state index contributed by atoms with van der Waals surface area (Å²) in [6.07, 6.45) is 0.644. The van der Waals surface area contributed by atoms with E-state index >= 15 is 0 Å². The number of nitrogens with one attached hydrogen (secondary N) is 1. The molecule has 0 saturated carbocycles. The quantitative estimate of drug-likeness (QED) is 0.737. The summed E-state index contributed by atoms with van der Waals surface area (Å²) < 4.78 is 7.50. The first-order chi connectivity index (χ1) is 14.3. The summed E-state index contributed by atoms with van der Waals surface area (Å²) in [6.45, 7) is 13.0. The highest BCUT2D eigenvalue weighted by Gasteiger charge is 2.25.